The second kappa shape index (κ2) is 11.5. The highest BCUT2D eigenvalue weighted by Gasteiger charge is 2.59. The number of amides is 2. The average molecular weight is 520 g/mol. The van der Waals surface area contributed by atoms with Crippen LogP contribution in [-0.2, 0) is 16.1 Å². The molecule has 1 saturated carbocycles. The lowest BCUT2D eigenvalue weighted by Gasteiger charge is -2.36. The lowest BCUT2D eigenvalue weighted by Crippen LogP contribution is -2.46. The predicted molar refractivity (Wildman–Crippen MR) is 146 cm³/mol. The summed E-state index contributed by atoms with van der Waals surface area (Å²) in [5, 5.41) is 5.95. The first-order chi connectivity index (χ1) is 18.5. The first kappa shape index (κ1) is 26.1. The van der Waals surface area contributed by atoms with E-state index in [1.165, 1.54) is 32.0 Å². The third kappa shape index (κ3) is 5.81. The number of carbonyl (C=O) groups is 2. The molecular formula is C28H37N7O3. The van der Waals surface area contributed by atoms with Crippen LogP contribution in [0.4, 0.5) is 17.5 Å². The number of nitrogens with zero attached hydrogens (tertiary/aromatic N) is 5. The van der Waals surface area contributed by atoms with E-state index in [0.29, 0.717) is 37.2 Å². The Kier molecular flexibility index (Phi) is 7.90. The summed E-state index contributed by atoms with van der Waals surface area (Å²) in [6, 6.07) is 7.72. The number of hydrogen-bond acceptors (Lipinski definition) is 8. The maximum Gasteiger partial charge on any atom is 0.245 e. The molecule has 1 aromatic heterocycles. The Bertz CT molecular complexity index is 1150. The Labute approximate surface area is 224 Å². The third-order valence-electron chi connectivity index (χ3n) is 8.15. The van der Waals surface area contributed by atoms with Gasteiger partial charge in [0.1, 0.15) is 18.2 Å². The van der Waals surface area contributed by atoms with Gasteiger partial charge in [0.25, 0.3) is 0 Å². The fourth-order valence-corrected chi connectivity index (χ4v) is 5.82. The summed E-state index contributed by atoms with van der Waals surface area (Å²) in [6.07, 6.45) is 8.33. The topological polar surface area (TPSA) is 103 Å². The van der Waals surface area contributed by atoms with Gasteiger partial charge >= 0.3 is 0 Å². The van der Waals surface area contributed by atoms with Crippen LogP contribution in [0.2, 0.25) is 0 Å². The molecule has 0 bridgehead atoms. The Balaban J connectivity index is 1.17. The van der Waals surface area contributed by atoms with E-state index in [0.717, 1.165) is 49.5 Å². The lowest BCUT2D eigenvalue weighted by atomic mass is 10.0. The Hall–Kier alpha value is -3.50. The molecule has 1 aliphatic carbocycles. The van der Waals surface area contributed by atoms with Gasteiger partial charge in [0.2, 0.25) is 18.3 Å². The molecule has 3 aliphatic rings. The minimum absolute atomic E-state index is 0.00166. The average Bonchev–Trinajstić information content (AvgIpc) is 3.46. The van der Waals surface area contributed by atoms with Crippen molar-refractivity contribution in [2.75, 3.05) is 57.0 Å². The van der Waals surface area contributed by atoms with Crippen molar-refractivity contribution in [1.82, 2.24) is 24.7 Å². The number of ether oxygens (including phenoxy) is 1. The molecular weight excluding hydrogens is 482 g/mol. The van der Waals surface area contributed by atoms with Crippen LogP contribution < -0.4 is 15.4 Å². The van der Waals surface area contributed by atoms with E-state index >= 15 is 0 Å². The molecule has 2 atom stereocenters. The summed E-state index contributed by atoms with van der Waals surface area (Å²) in [4.78, 5) is 39.0. The van der Waals surface area contributed by atoms with Crippen LogP contribution in [0.5, 0.6) is 5.75 Å². The molecule has 3 heterocycles. The smallest absolute Gasteiger partial charge is 0.245 e. The van der Waals surface area contributed by atoms with Gasteiger partial charge in [-0.05, 0) is 82.1 Å². The molecule has 38 heavy (non-hydrogen) atoms. The summed E-state index contributed by atoms with van der Waals surface area (Å²) >= 11 is 0. The molecule has 0 radical (unpaired) electrons. The monoisotopic (exact) mass is 519 g/mol. The van der Waals surface area contributed by atoms with E-state index in [-0.39, 0.29) is 11.4 Å². The number of hydrogen-bond donors (Lipinski definition) is 2. The number of rotatable bonds is 12. The molecule has 2 unspecified atom stereocenters. The molecule has 2 aromatic rings. The Morgan fingerprint density at radius 3 is 2.76 bits per heavy atom. The molecule has 202 valence electrons. The van der Waals surface area contributed by atoms with Crippen LogP contribution in [0.1, 0.15) is 31.2 Å². The van der Waals surface area contributed by atoms with Gasteiger partial charge in [-0.1, -0.05) is 6.58 Å². The standard InChI is InChI=1S/C28H37N7O3/c1-3-25(37)35-13-10-28(16-22(28)19-35)33(2)18-21-17-29-27(32-26(21)30-20-36)31-23-6-8-24(9-7-23)38-15-14-34-11-4-5-12-34/h3,6-9,17,20,22H,1,4-5,10-16,18-19H2,2H3,(H2,29,30,31,32,36). The molecule has 2 saturated heterocycles. The van der Waals surface area contributed by atoms with E-state index in [9.17, 15) is 9.59 Å². The summed E-state index contributed by atoms with van der Waals surface area (Å²) in [5.41, 5.74) is 1.75. The van der Waals surface area contributed by atoms with Crippen molar-refractivity contribution in [3.8, 4) is 5.75 Å². The molecule has 1 aromatic carbocycles. The second-order valence-corrected chi connectivity index (χ2v) is 10.5. The van der Waals surface area contributed by atoms with Gasteiger partial charge in [0.05, 0.1) is 0 Å². The lowest BCUT2D eigenvalue weighted by molar-refractivity contribution is -0.127. The van der Waals surface area contributed by atoms with Crippen molar-refractivity contribution in [3.05, 3.63) is 48.7 Å². The van der Waals surface area contributed by atoms with E-state index < -0.39 is 0 Å². The van der Waals surface area contributed by atoms with Crippen molar-refractivity contribution in [1.29, 1.82) is 0 Å². The zero-order valence-electron chi connectivity index (χ0n) is 22.1. The molecule has 5 rings (SSSR count). The quantitative estimate of drug-likeness (QED) is 0.326. The summed E-state index contributed by atoms with van der Waals surface area (Å²) < 4.78 is 5.88. The van der Waals surface area contributed by atoms with Gasteiger partial charge < -0.3 is 20.3 Å². The van der Waals surface area contributed by atoms with Crippen molar-refractivity contribution >= 4 is 29.8 Å². The number of benzene rings is 1. The van der Waals surface area contributed by atoms with Gasteiger partial charge in [-0.3, -0.25) is 19.4 Å². The fraction of sp³-hybridized carbons (Fsp3) is 0.500. The molecule has 2 N–H and O–H groups in total. The molecule has 10 nitrogen and oxygen atoms in total. The van der Waals surface area contributed by atoms with Gasteiger partial charge in [-0.15, -0.1) is 0 Å². The second-order valence-electron chi connectivity index (χ2n) is 10.5. The van der Waals surface area contributed by atoms with Crippen molar-refractivity contribution in [2.24, 2.45) is 5.92 Å². The van der Waals surface area contributed by atoms with Crippen LogP contribution in [0.3, 0.4) is 0 Å². The number of carbonyl (C=O) groups excluding carboxylic acids is 2. The molecule has 3 fully saturated rings. The molecule has 10 heteroatoms. The maximum atomic E-state index is 12.0. The zero-order chi connectivity index (χ0) is 26.5. The van der Waals surface area contributed by atoms with Crippen molar-refractivity contribution < 1.29 is 14.3 Å². The van der Waals surface area contributed by atoms with Gasteiger partial charge in [0.15, 0.2) is 0 Å². The van der Waals surface area contributed by atoms with Crippen LogP contribution in [0.15, 0.2) is 43.1 Å². The number of likely N-dealkylation sites (tertiary alicyclic amines) is 2. The van der Waals surface area contributed by atoms with Gasteiger partial charge in [-0.2, -0.15) is 4.98 Å². The van der Waals surface area contributed by atoms with E-state index in [1.54, 1.807) is 6.20 Å². The van der Waals surface area contributed by atoms with E-state index in [2.05, 4.69) is 44.0 Å². The number of nitrogens with one attached hydrogen (secondary N) is 2. The maximum absolute atomic E-state index is 12.0. The van der Waals surface area contributed by atoms with Crippen LogP contribution in [0, 0.1) is 5.92 Å². The predicted octanol–water partition coefficient (Wildman–Crippen LogP) is 2.87. The van der Waals surface area contributed by atoms with E-state index in [4.69, 9.17) is 4.74 Å². The fourth-order valence-electron chi connectivity index (χ4n) is 5.82. The molecule has 2 amide bonds. The van der Waals surface area contributed by atoms with E-state index in [1.807, 2.05) is 29.2 Å². The summed E-state index contributed by atoms with van der Waals surface area (Å²) in [6.45, 7) is 9.67. The zero-order valence-corrected chi connectivity index (χ0v) is 22.1. The van der Waals surface area contributed by atoms with Gasteiger partial charge in [0, 0.05) is 49.2 Å². The molecule has 0 spiro atoms. The van der Waals surface area contributed by atoms with Crippen LogP contribution in [-0.4, -0.2) is 88.9 Å². The van der Waals surface area contributed by atoms with Crippen molar-refractivity contribution in [3.63, 3.8) is 0 Å². The van der Waals surface area contributed by atoms with Crippen LogP contribution in [0.25, 0.3) is 0 Å². The number of fused-ring (bicyclic) bond motifs is 1. The minimum Gasteiger partial charge on any atom is -0.492 e. The largest absolute Gasteiger partial charge is 0.492 e. The number of anilines is 3. The number of aromatic nitrogens is 2. The first-order valence-electron chi connectivity index (χ1n) is 13.4. The first-order valence-corrected chi connectivity index (χ1v) is 13.4. The highest BCUT2D eigenvalue weighted by molar-refractivity contribution is 5.87. The van der Waals surface area contributed by atoms with Crippen LogP contribution >= 0.6 is 0 Å². The Morgan fingerprint density at radius 1 is 1.26 bits per heavy atom. The molecule has 2 aliphatic heterocycles. The normalized spacial score (nSPS) is 22.6. The van der Waals surface area contributed by atoms with Gasteiger partial charge in [-0.25, -0.2) is 4.98 Å². The highest BCUT2D eigenvalue weighted by Crippen LogP contribution is 2.54. The minimum atomic E-state index is 0.00166. The van der Waals surface area contributed by atoms with Crippen molar-refractivity contribution in [2.45, 2.75) is 37.8 Å². The summed E-state index contributed by atoms with van der Waals surface area (Å²) in [7, 11) is 2.09. The third-order valence-corrected chi connectivity index (χ3v) is 8.15. The number of piperidine rings is 1. The Morgan fingerprint density at radius 2 is 2.05 bits per heavy atom. The summed E-state index contributed by atoms with van der Waals surface area (Å²) in [5.74, 6) is 2.17. The SMILES string of the molecule is C=CC(=O)N1CCC2(N(C)Cc3cnc(Nc4ccc(OCCN5CCCC5)cc4)nc3NC=O)CC2C1. The highest BCUT2D eigenvalue weighted by atomic mass is 16.5.